The van der Waals surface area contributed by atoms with Crippen LogP contribution in [0.25, 0.3) is 0 Å². The zero-order chi connectivity index (χ0) is 13.7. The van der Waals surface area contributed by atoms with Crippen LogP contribution in [0.5, 0.6) is 0 Å². The summed E-state index contributed by atoms with van der Waals surface area (Å²) >= 11 is 0. The summed E-state index contributed by atoms with van der Waals surface area (Å²) < 4.78 is 0. The molecule has 4 nitrogen and oxygen atoms in total. The molecule has 0 saturated carbocycles. The molecule has 1 rings (SSSR count). The van der Waals surface area contributed by atoms with E-state index in [1.807, 2.05) is 6.92 Å². The minimum Gasteiger partial charge on any atom is -0.366 e. The molecule has 4 heteroatoms. The number of nitrogens with one attached hydrogen (secondary N) is 1. The first-order valence-electron chi connectivity index (χ1n) is 6.10. The zero-order valence-corrected chi connectivity index (χ0v) is 11.1. The number of carbonyl (C=O) groups is 2. The van der Waals surface area contributed by atoms with Crippen LogP contribution < -0.4 is 11.1 Å². The average molecular weight is 248 g/mol. The minimum absolute atomic E-state index is 0.165. The summed E-state index contributed by atoms with van der Waals surface area (Å²) in [6, 6.07) is 4.95. The maximum atomic E-state index is 11.9. The lowest BCUT2D eigenvalue weighted by molar-refractivity contribution is 0.0952. The first kappa shape index (κ1) is 14.2. The number of nitrogens with two attached hydrogens (primary N) is 1. The van der Waals surface area contributed by atoms with E-state index in [9.17, 15) is 9.59 Å². The van der Waals surface area contributed by atoms with E-state index < -0.39 is 5.91 Å². The van der Waals surface area contributed by atoms with Gasteiger partial charge in [-0.3, -0.25) is 9.59 Å². The van der Waals surface area contributed by atoms with Crippen LogP contribution in [0, 0.1) is 12.8 Å². The van der Waals surface area contributed by atoms with Gasteiger partial charge in [0.1, 0.15) is 0 Å². The Morgan fingerprint density at radius 1 is 1.22 bits per heavy atom. The van der Waals surface area contributed by atoms with E-state index in [0.717, 1.165) is 12.0 Å². The first-order valence-corrected chi connectivity index (χ1v) is 6.10. The lowest BCUT2D eigenvalue weighted by Gasteiger charge is -2.08. The third kappa shape index (κ3) is 4.20. The molecule has 0 heterocycles. The molecule has 1 aromatic rings. The van der Waals surface area contributed by atoms with Gasteiger partial charge in [-0.05, 0) is 43.0 Å². The second-order valence-electron chi connectivity index (χ2n) is 4.89. The predicted molar refractivity (Wildman–Crippen MR) is 71.5 cm³/mol. The second-order valence-corrected chi connectivity index (χ2v) is 4.89. The number of primary amides is 1. The summed E-state index contributed by atoms with van der Waals surface area (Å²) in [5, 5.41) is 2.83. The predicted octanol–water partition coefficient (Wildman–Crippen LogP) is 1.87. The molecule has 3 N–H and O–H groups in total. The highest BCUT2D eigenvalue weighted by Gasteiger charge is 2.09. The van der Waals surface area contributed by atoms with Crippen LogP contribution in [-0.4, -0.2) is 18.4 Å². The maximum Gasteiger partial charge on any atom is 0.251 e. The van der Waals surface area contributed by atoms with E-state index in [1.54, 1.807) is 12.1 Å². The fourth-order valence-electron chi connectivity index (χ4n) is 1.63. The number of carbonyl (C=O) groups excluding carboxylic acids is 2. The van der Waals surface area contributed by atoms with Gasteiger partial charge in [0.15, 0.2) is 0 Å². The van der Waals surface area contributed by atoms with E-state index >= 15 is 0 Å². The Hall–Kier alpha value is -1.84. The highest BCUT2D eigenvalue weighted by Crippen LogP contribution is 2.09. The van der Waals surface area contributed by atoms with Gasteiger partial charge in [0, 0.05) is 17.7 Å². The molecule has 0 saturated heterocycles. The molecule has 0 aliphatic carbocycles. The van der Waals surface area contributed by atoms with Crippen LogP contribution in [0.2, 0.25) is 0 Å². The van der Waals surface area contributed by atoms with Crippen molar-refractivity contribution in [2.24, 2.45) is 11.7 Å². The van der Waals surface area contributed by atoms with Crippen molar-refractivity contribution in [3.63, 3.8) is 0 Å². The highest BCUT2D eigenvalue weighted by atomic mass is 16.2. The van der Waals surface area contributed by atoms with Crippen LogP contribution >= 0.6 is 0 Å². The number of benzene rings is 1. The van der Waals surface area contributed by atoms with Crippen LogP contribution in [0.15, 0.2) is 18.2 Å². The van der Waals surface area contributed by atoms with E-state index in [2.05, 4.69) is 19.2 Å². The number of hydrogen-bond donors (Lipinski definition) is 2. The second kappa shape index (κ2) is 6.19. The Balaban J connectivity index is 2.76. The Bertz CT molecular complexity index is 453. The van der Waals surface area contributed by atoms with Crippen molar-refractivity contribution in [1.82, 2.24) is 5.32 Å². The van der Waals surface area contributed by atoms with Crippen molar-refractivity contribution in [2.75, 3.05) is 6.54 Å². The Labute approximate surface area is 108 Å². The standard InChI is InChI=1S/C14H20N2O2/c1-9(2)4-5-16-14(18)12-7-10(3)6-11(8-12)13(15)17/h6-9H,4-5H2,1-3H3,(H2,15,17)(H,16,18). The van der Waals surface area contributed by atoms with Crippen LogP contribution in [0.1, 0.15) is 46.5 Å². The minimum atomic E-state index is -0.519. The van der Waals surface area contributed by atoms with E-state index in [4.69, 9.17) is 5.73 Å². The van der Waals surface area contributed by atoms with E-state index in [0.29, 0.717) is 23.6 Å². The molecule has 1 aromatic carbocycles. The van der Waals surface area contributed by atoms with Gasteiger partial charge in [-0.1, -0.05) is 13.8 Å². The van der Waals surface area contributed by atoms with Crippen molar-refractivity contribution < 1.29 is 9.59 Å². The van der Waals surface area contributed by atoms with Crippen molar-refractivity contribution in [1.29, 1.82) is 0 Å². The third-order valence-corrected chi connectivity index (χ3v) is 2.63. The molecule has 0 bridgehead atoms. The van der Waals surface area contributed by atoms with E-state index in [-0.39, 0.29) is 5.91 Å². The first-order chi connectivity index (χ1) is 8.40. The molecule has 0 atom stereocenters. The molecule has 0 aliphatic rings. The van der Waals surface area contributed by atoms with Crippen molar-refractivity contribution in [2.45, 2.75) is 27.2 Å². The number of amides is 2. The monoisotopic (exact) mass is 248 g/mol. The van der Waals surface area contributed by atoms with Gasteiger partial charge >= 0.3 is 0 Å². The molecule has 0 aromatic heterocycles. The summed E-state index contributed by atoms with van der Waals surface area (Å²) in [5.74, 6) is -0.138. The molecule has 18 heavy (non-hydrogen) atoms. The third-order valence-electron chi connectivity index (χ3n) is 2.63. The van der Waals surface area contributed by atoms with Gasteiger partial charge < -0.3 is 11.1 Å². The largest absolute Gasteiger partial charge is 0.366 e. The van der Waals surface area contributed by atoms with E-state index in [1.165, 1.54) is 6.07 Å². The average Bonchev–Trinajstić information content (AvgIpc) is 2.27. The molecule has 2 amide bonds. The molecule has 0 unspecified atom stereocenters. The summed E-state index contributed by atoms with van der Waals surface area (Å²) in [7, 11) is 0. The molecule has 0 radical (unpaired) electrons. The van der Waals surface area contributed by atoms with Gasteiger partial charge in [0.2, 0.25) is 5.91 Å². The highest BCUT2D eigenvalue weighted by molar-refractivity contribution is 5.99. The van der Waals surface area contributed by atoms with Gasteiger partial charge in [0.25, 0.3) is 5.91 Å². The normalized spacial score (nSPS) is 10.4. The summed E-state index contributed by atoms with van der Waals surface area (Å²) in [4.78, 5) is 23.0. The number of rotatable bonds is 5. The SMILES string of the molecule is Cc1cc(C(N)=O)cc(C(=O)NCCC(C)C)c1. The molecule has 98 valence electrons. The summed E-state index contributed by atoms with van der Waals surface area (Å²) in [5.41, 5.74) is 6.91. The van der Waals surface area contributed by atoms with Gasteiger partial charge in [0.05, 0.1) is 0 Å². The lowest BCUT2D eigenvalue weighted by Crippen LogP contribution is -2.26. The van der Waals surface area contributed by atoms with Gasteiger partial charge in [-0.15, -0.1) is 0 Å². The lowest BCUT2D eigenvalue weighted by atomic mass is 10.1. The molecule has 0 fully saturated rings. The smallest absolute Gasteiger partial charge is 0.251 e. The quantitative estimate of drug-likeness (QED) is 0.835. The summed E-state index contributed by atoms with van der Waals surface area (Å²) in [6.45, 7) is 6.67. The van der Waals surface area contributed by atoms with Crippen LogP contribution in [-0.2, 0) is 0 Å². The molecule has 0 aliphatic heterocycles. The fraction of sp³-hybridized carbons (Fsp3) is 0.429. The Morgan fingerprint density at radius 2 is 1.83 bits per heavy atom. The Kier molecular flexibility index (Phi) is 4.89. The summed E-state index contributed by atoms with van der Waals surface area (Å²) in [6.07, 6.45) is 0.931. The van der Waals surface area contributed by atoms with Crippen molar-refractivity contribution in [3.05, 3.63) is 34.9 Å². The van der Waals surface area contributed by atoms with Crippen molar-refractivity contribution >= 4 is 11.8 Å². The molecular formula is C14H20N2O2. The maximum absolute atomic E-state index is 11.9. The molecule has 0 spiro atoms. The fourth-order valence-corrected chi connectivity index (χ4v) is 1.63. The van der Waals surface area contributed by atoms with Gasteiger partial charge in [-0.2, -0.15) is 0 Å². The number of hydrogen-bond acceptors (Lipinski definition) is 2. The number of aryl methyl sites for hydroxylation is 1. The van der Waals surface area contributed by atoms with Crippen molar-refractivity contribution in [3.8, 4) is 0 Å². The van der Waals surface area contributed by atoms with Crippen LogP contribution in [0.3, 0.4) is 0 Å². The Morgan fingerprint density at radius 3 is 2.39 bits per heavy atom. The topological polar surface area (TPSA) is 72.2 Å². The zero-order valence-electron chi connectivity index (χ0n) is 11.1. The molecular weight excluding hydrogens is 228 g/mol. The van der Waals surface area contributed by atoms with Crippen LogP contribution in [0.4, 0.5) is 0 Å². The van der Waals surface area contributed by atoms with Gasteiger partial charge in [-0.25, -0.2) is 0 Å².